The number of carbonyl (C=O) groups excluding carboxylic acids is 1. The van der Waals surface area contributed by atoms with E-state index in [1.165, 1.54) is 11.3 Å². The Kier molecular flexibility index (Phi) is 3.41. The van der Waals surface area contributed by atoms with Crippen LogP contribution in [0.25, 0.3) is 0 Å². The summed E-state index contributed by atoms with van der Waals surface area (Å²) in [5, 5.41) is 12.3. The Labute approximate surface area is 109 Å². The monoisotopic (exact) mass is 269 g/mol. The van der Waals surface area contributed by atoms with Gasteiger partial charge in [0.15, 0.2) is 0 Å². The van der Waals surface area contributed by atoms with Crippen LogP contribution >= 0.6 is 11.3 Å². The normalized spacial score (nSPS) is 17.3. The number of nitrogens with zero attached hydrogens (tertiary/aromatic N) is 1. The van der Waals surface area contributed by atoms with Crippen molar-refractivity contribution in [3.05, 3.63) is 21.9 Å². The predicted octanol–water partition coefficient (Wildman–Crippen LogP) is 1.37. The van der Waals surface area contributed by atoms with Gasteiger partial charge in [-0.05, 0) is 24.8 Å². The molecule has 2 rings (SSSR count). The summed E-state index contributed by atoms with van der Waals surface area (Å²) >= 11 is 1.50. The van der Waals surface area contributed by atoms with Gasteiger partial charge in [-0.3, -0.25) is 4.79 Å². The lowest BCUT2D eigenvalue weighted by Crippen LogP contribution is -2.63. The number of rotatable bonds is 4. The first kappa shape index (κ1) is 13.0. The van der Waals surface area contributed by atoms with Crippen LogP contribution < -0.4 is 0 Å². The number of hydrogen-bond acceptors (Lipinski definition) is 4. The van der Waals surface area contributed by atoms with Crippen LogP contribution in [0.2, 0.25) is 0 Å². The summed E-state index contributed by atoms with van der Waals surface area (Å²) in [4.78, 5) is 24.2. The lowest BCUT2D eigenvalue weighted by Gasteiger charge is -2.47. The Morgan fingerprint density at radius 3 is 2.67 bits per heavy atom. The van der Waals surface area contributed by atoms with Gasteiger partial charge in [0.25, 0.3) is 5.91 Å². The summed E-state index contributed by atoms with van der Waals surface area (Å²) in [5.74, 6) is -1.00. The summed E-state index contributed by atoms with van der Waals surface area (Å²) in [7, 11) is 0. The zero-order valence-corrected chi connectivity index (χ0v) is 11.1. The highest BCUT2D eigenvalue weighted by Crippen LogP contribution is 2.27. The van der Waals surface area contributed by atoms with E-state index in [0.717, 1.165) is 11.1 Å². The van der Waals surface area contributed by atoms with Crippen molar-refractivity contribution in [2.24, 2.45) is 0 Å². The first-order valence-corrected chi connectivity index (χ1v) is 6.53. The molecular formula is C12H15NO4S. The van der Waals surface area contributed by atoms with E-state index in [1.807, 2.05) is 24.6 Å². The van der Waals surface area contributed by atoms with Gasteiger partial charge in [-0.25, -0.2) is 4.79 Å². The Balaban J connectivity index is 1.91. The van der Waals surface area contributed by atoms with Crippen molar-refractivity contribution in [3.8, 4) is 0 Å². The second kappa shape index (κ2) is 4.70. The highest BCUT2D eigenvalue weighted by Gasteiger charge is 2.43. The summed E-state index contributed by atoms with van der Waals surface area (Å²) in [6.07, 6.45) is 0. The van der Waals surface area contributed by atoms with Gasteiger partial charge in [0, 0.05) is 5.38 Å². The van der Waals surface area contributed by atoms with Gasteiger partial charge in [0.05, 0.1) is 18.7 Å². The standard InChI is InChI=1S/C12H15NO4S/c1-8-4-18-5-9(8)11(16)13-6-12(2,7-13)17-3-10(14)15/h4-5H,3,6-7H2,1-2H3,(H,14,15). The van der Waals surface area contributed by atoms with E-state index in [9.17, 15) is 9.59 Å². The number of aliphatic carboxylic acids is 1. The van der Waals surface area contributed by atoms with Crippen LogP contribution in [0.4, 0.5) is 0 Å². The second-order valence-corrected chi connectivity index (χ2v) is 5.51. The number of hydrogen-bond donors (Lipinski definition) is 1. The molecule has 1 amide bonds. The van der Waals surface area contributed by atoms with Crippen molar-refractivity contribution in [3.63, 3.8) is 0 Å². The third-order valence-electron chi connectivity index (χ3n) is 2.97. The average Bonchev–Trinajstić information content (AvgIpc) is 2.68. The lowest BCUT2D eigenvalue weighted by molar-refractivity contribution is -0.159. The second-order valence-electron chi connectivity index (χ2n) is 4.76. The molecule has 0 unspecified atom stereocenters. The molecule has 0 saturated carbocycles. The van der Waals surface area contributed by atoms with Gasteiger partial charge >= 0.3 is 5.97 Å². The molecule has 1 aromatic heterocycles. The fraction of sp³-hybridized carbons (Fsp3) is 0.500. The van der Waals surface area contributed by atoms with Crippen molar-refractivity contribution in [1.82, 2.24) is 4.90 Å². The highest BCUT2D eigenvalue weighted by atomic mass is 32.1. The SMILES string of the molecule is Cc1cscc1C(=O)N1CC(C)(OCC(=O)O)C1. The number of aryl methyl sites for hydroxylation is 1. The third kappa shape index (κ3) is 2.54. The molecule has 0 atom stereocenters. The number of carboxylic acid groups (broad SMARTS) is 1. The maximum Gasteiger partial charge on any atom is 0.329 e. The van der Waals surface area contributed by atoms with E-state index in [4.69, 9.17) is 9.84 Å². The molecule has 0 aromatic carbocycles. The van der Waals surface area contributed by atoms with Gasteiger partial charge in [-0.15, -0.1) is 0 Å². The van der Waals surface area contributed by atoms with Crippen LogP contribution in [0.3, 0.4) is 0 Å². The molecule has 0 spiro atoms. The quantitative estimate of drug-likeness (QED) is 0.896. The maximum absolute atomic E-state index is 12.1. The Hall–Kier alpha value is -1.40. The topological polar surface area (TPSA) is 66.8 Å². The first-order valence-electron chi connectivity index (χ1n) is 5.59. The van der Waals surface area contributed by atoms with Gasteiger partial charge in [-0.1, -0.05) is 0 Å². The summed E-state index contributed by atoms with van der Waals surface area (Å²) in [5.41, 5.74) is 1.17. The zero-order valence-electron chi connectivity index (χ0n) is 10.3. The first-order chi connectivity index (χ1) is 8.41. The maximum atomic E-state index is 12.1. The Morgan fingerprint density at radius 1 is 1.50 bits per heavy atom. The molecule has 0 aliphatic carbocycles. The number of carbonyl (C=O) groups is 2. The van der Waals surface area contributed by atoms with E-state index in [0.29, 0.717) is 13.1 Å². The molecule has 1 aliphatic rings. The van der Waals surface area contributed by atoms with Crippen molar-refractivity contribution in [2.45, 2.75) is 19.4 Å². The van der Waals surface area contributed by atoms with Crippen molar-refractivity contribution < 1.29 is 19.4 Å². The van der Waals surface area contributed by atoms with Crippen molar-refractivity contribution in [1.29, 1.82) is 0 Å². The number of thiophene rings is 1. The molecule has 18 heavy (non-hydrogen) atoms. The molecule has 6 heteroatoms. The molecule has 1 aliphatic heterocycles. The number of amides is 1. The predicted molar refractivity (Wildman–Crippen MR) is 67.0 cm³/mol. The Morgan fingerprint density at radius 2 is 2.17 bits per heavy atom. The molecule has 1 fully saturated rings. The highest BCUT2D eigenvalue weighted by molar-refractivity contribution is 7.08. The molecule has 0 radical (unpaired) electrons. The number of ether oxygens (including phenoxy) is 1. The molecule has 1 N–H and O–H groups in total. The van der Waals surface area contributed by atoms with Gasteiger partial charge in [0.1, 0.15) is 12.2 Å². The van der Waals surface area contributed by atoms with Gasteiger partial charge < -0.3 is 14.7 Å². The summed E-state index contributed by atoms with van der Waals surface area (Å²) in [6, 6.07) is 0. The van der Waals surface area contributed by atoms with Crippen molar-refractivity contribution >= 4 is 23.2 Å². The van der Waals surface area contributed by atoms with E-state index in [2.05, 4.69) is 0 Å². The lowest BCUT2D eigenvalue weighted by atomic mass is 9.95. The number of likely N-dealkylation sites (tertiary alicyclic amines) is 1. The van der Waals surface area contributed by atoms with Crippen LogP contribution in [-0.4, -0.2) is 47.2 Å². The minimum Gasteiger partial charge on any atom is -0.480 e. The molecule has 98 valence electrons. The van der Waals surface area contributed by atoms with Gasteiger partial charge in [0.2, 0.25) is 0 Å². The molecule has 1 saturated heterocycles. The van der Waals surface area contributed by atoms with E-state index < -0.39 is 11.6 Å². The van der Waals surface area contributed by atoms with Crippen LogP contribution in [0, 0.1) is 6.92 Å². The average molecular weight is 269 g/mol. The fourth-order valence-corrected chi connectivity index (χ4v) is 2.80. The summed E-state index contributed by atoms with van der Waals surface area (Å²) < 4.78 is 5.26. The molecule has 5 nitrogen and oxygen atoms in total. The third-order valence-corrected chi connectivity index (χ3v) is 3.83. The Bertz CT molecular complexity index is 476. The molecule has 2 heterocycles. The minimum absolute atomic E-state index is 0.00912. The van der Waals surface area contributed by atoms with E-state index >= 15 is 0 Å². The smallest absolute Gasteiger partial charge is 0.329 e. The molecule has 0 bridgehead atoms. The van der Waals surface area contributed by atoms with E-state index in [-0.39, 0.29) is 12.5 Å². The van der Waals surface area contributed by atoms with Crippen LogP contribution in [0.15, 0.2) is 10.8 Å². The van der Waals surface area contributed by atoms with Crippen LogP contribution in [0.5, 0.6) is 0 Å². The van der Waals surface area contributed by atoms with Crippen LogP contribution in [-0.2, 0) is 9.53 Å². The number of carboxylic acids is 1. The molecular weight excluding hydrogens is 254 g/mol. The fourth-order valence-electron chi connectivity index (χ4n) is 1.98. The van der Waals surface area contributed by atoms with Crippen LogP contribution in [0.1, 0.15) is 22.8 Å². The largest absolute Gasteiger partial charge is 0.480 e. The minimum atomic E-state index is -0.991. The van der Waals surface area contributed by atoms with Gasteiger partial charge in [-0.2, -0.15) is 11.3 Å². The van der Waals surface area contributed by atoms with Crippen molar-refractivity contribution in [2.75, 3.05) is 19.7 Å². The zero-order chi connectivity index (χ0) is 13.3. The molecule has 1 aromatic rings. The van der Waals surface area contributed by atoms with E-state index in [1.54, 1.807) is 4.90 Å². The summed E-state index contributed by atoms with van der Waals surface area (Å²) in [6.45, 7) is 4.28.